The molecule has 0 saturated carbocycles. The van der Waals surface area contributed by atoms with Crippen molar-refractivity contribution in [2.24, 2.45) is 0 Å². The number of nitrogens with zero attached hydrogens (tertiary/aromatic N) is 2. The fourth-order valence-electron chi connectivity index (χ4n) is 0.794. The van der Waals surface area contributed by atoms with Gasteiger partial charge >= 0.3 is 0 Å². The first-order valence-corrected chi connectivity index (χ1v) is 2.95. The lowest BCUT2D eigenvalue weighted by Crippen LogP contribution is -2.21. The van der Waals surface area contributed by atoms with Gasteiger partial charge in [-0.15, -0.1) is 0 Å². The minimum absolute atomic E-state index is 0. The summed E-state index contributed by atoms with van der Waals surface area (Å²) in [5.74, 6) is 0. The Hall–Kier alpha value is -0.230. The molecule has 1 atom stereocenters. The molecule has 3 heteroatoms. The molecule has 1 rings (SSSR count). The van der Waals surface area contributed by atoms with Gasteiger partial charge in [-0.3, -0.25) is 0 Å². The molecule has 0 aromatic rings. The van der Waals surface area contributed by atoms with E-state index >= 15 is 0 Å². The highest BCUT2D eigenvalue weighted by Gasteiger charge is 2.03. The minimum Gasteiger partial charge on any atom is -0.362 e. The molecule has 54 valence electrons. The van der Waals surface area contributed by atoms with E-state index in [0.29, 0.717) is 0 Å². The largest absolute Gasteiger partial charge is 0.362 e. The third-order valence-electron chi connectivity index (χ3n) is 1.34. The van der Waals surface area contributed by atoms with Gasteiger partial charge in [0.1, 0.15) is 0 Å². The van der Waals surface area contributed by atoms with E-state index in [2.05, 4.69) is 36.2 Å². The van der Waals surface area contributed by atoms with E-state index in [-0.39, 0.29) is 9.90 Å². The lowest BCUT2D eigenvalue weighted by Gasteiger charge is -2.14. The topological polar surface area (TPSA) is 6.48 Å². The second-order valence-corrected chi connectivity index (χ2v) is 2.10. The summed E-state index contributed by atoms with van der Waals surface area (Å²) in [5.41, 5.74) is 0. The molecule has 1 aliphatic heterocycles. The van der Waals surface area contributed by atoms with Crippen LogP contribution in [-0.2, 0) is 0 Å². The zero-order chi connectivity index (χ0) is 5.98. The Morgan fingerprint density at radius 2 is 2.11 bits per heavy atom. The lowest BCUT2D eigenvalue weighted by atomic mass is 10.6. The molecule has 0 saturated heterocycles. The first-order chi connectivity index (χ1) is 3.83. The Morgan fingerprint density at radius 3 is 2.33 bits per heavy atom. The van der Waals surface area contributed by atoms with Crippen LogP contribution in [0, 0.1) is 0 Å². The zero-order valence-corrected chi connectivity index (χ0v) is 7.58. The van der Waals surface area contributed by atoms with Crippen LogP contribution in [0.3, 0.4) is 0 Å². The first kappa shape index (κ1) is 8.77. The number of hydrogen-bond donors (Lipinski definition) is 0. The third-order valence-corrected chi connectivity index (χ3v) is 1.34. The first-order valence-electron chi connectivity index (χ1n) is 2.95. The van der Waals surface area contributed by atoms with Crippen molar-refractivity contribution in [1.29, 1.82) is 0 Å². The van der Waals surface area contributed by atoms with Crippen LogP contribution in [0.2, 0.25) is 0 Å². The molecule has 9 heavy (non-hydrogen) atoms. The van der Waals surface area contributed by atoms with Crippen LogP contribution in [-0.4, -0.2) is 30.1 Å². The van der Waals surface area contributed by atoms with Crippen LogP contribution in [0.1, 0.15) is 6.92 Å². The highest BCUT2D eigenvalue weighted by Crippen LogP contribution is 2.00. The Kier molecular flexibility index (Phi) is 3.64. The summed E-state index contributed by atoms with van der Waals surface area (Å²) in [7, 11) is 2.08. The summed E-state index contributed by atoms with van der Waals surface area (Å²) < 4.78 is 0. The quantitative estimate of drug-likeness (QED) is 0.503. The predicted molar refractivity (Wildman–Crippen MR) is 45.3 cm³/mol. The Balaban J connectivity index is 0.000000640. The second kappa shape index (κ2) is 3.73. The van der Waals surface area contributed by atoms with Gasteiger partial charge in [0.25, 0.3) is 0 Å². The monoisotopic (exact) mass is 146 g/mol. The molecule has 1 aliphatic rings. The SMILES string of the molecule is CCN1C=CN(C)C1.P. The highest BCUT2D eigenvalue weighted by atomic mass is 31.0. The highest BCUT2D eigenvalue weighted by molar-refractivity contribution is 6.92. The van der Waals surface area contributed by atoms with Crippen LogP contribution in [0.5, 0.6) is 0 Å². The third kappa shape index (κ3) is 2.23. The van der Waals surface area contributed by atoms with Crippen molar-refractivity contribution in [3.63, 3.8) is 0 Å². The van der Waals surface area contributed by atoms with Crippen LogP contribution >= 0.6 is 9.90 Å². The van der Waals surface area contributed by atoms with E-state index in [4.69, 9.17) is 0 Å². The molecule has 0 aromatic heterocycles. The molecule has 0 fully saturated rings. The zero-order valence-electron chi connectivity index (χ0n) is 6.17. The predicted octanol–water partition coefficient (Wildman–Crippen LogP) is 0.740. The van der Waals surface area contributed by atoms with Crippen molar-refractivity contribution in [3.05, 3.63) is 12.4 Å². The Morgan fingerprint density at radius 1 is 1.44 bits per heavy atom. The molecule has 0 amide bonds. The molecule has 0 spiro atoms. The van der Waals surface area contributed by atoms with Crippen molar-refractivity contribution < 1.29 is 0 Å². The van der Waals surface area contributed by atoms with Gasteiger partial charge < -0.3 is 9.80 Å². The maximum absolute atomic E-state index is 2.25. The Bertz CT molecular complexity index is 103. The molecule has 1 unspecified atom stereocenters. The van der Waals surface area contributed by atoms with E-state index < -0.39 is 0 Å². The van der Waals surface area contributed by atoms with Gasteiger partial charge in [0.2, 0.25) is 0 Å². The van der Waals surface area contributed by atoms with E-state index in [1.54, 1.807) is 0 Å². The van der Waals surface area contributed by atoms with Gasteiger partial charge in [0, 0.05) is 26.0 Å². The molecule has 0 aliphatic carbocycles. The van der Waals surface area contributed by atoms with Gasteiger partial charge in [0.15, 0.2) is 0 Å². The molecule has 0 bridgehead atoms. The number of rotatable bonds is 1. The summed E-state index contributed by atoms with van der Waals surface area (Å²) in [6, 6.07) is 0. The van der Waals surface area contributed by atoms with E-state index in [9.17, 15) is 0 Å². The van der Waals surface area contributed by atoms with E-state index in [1.165, 1.54) is 0 Å². The van der Waals surface area contributed by atoms with Gasteiger partial charge in [0.05, 0.1) is 6.67 Å². The molecular formula is C6H15N2P. The van der Waals surface area contributed by atoms with E-state index in [1.807, 2.05) is 0 Å². The smallest absolute Gasteiger partial charge is 0.0890 e. The fourth-order valence-corrected chi connectivity index (χ4v) is 0.794. The average molecular weight is 146 g/mol. The van der Waals surface area contributed by atoms with Crippen molar-refractivity contribution in [3.8, 4) is 0 Å². The summed E-state index contributed by atoms with van der Waals surface area (Å²) >= 11 is 0. The minimum atomic E-state index is 0. The van der Waals surface area contributed by atoms with Gasteiger partial charge in [-0.2, -0.15) is 9.90 Å². The van der Waals surface area contributed by atoms with Crippen molar-refractivity contribution in [2.45, 2.75) is 6.92 Å². The van der Waals surface area contributed by atoms with Crippen molar-refractivity contribution in [1.82, 2.24) is 9.80 Å². The summed E-state index contributed by atoms with van der Waals surface area (Å²) in [6.07, 6.45) is 4.20. The van der Waals surface area contributed by atoms with Crippen LogP contribution < -0.4 is 0 Å². The molecule has 0 N–H and O–H groups in total. The molecule has 0 aromatic carbocycles. The maximum Gasteiger partial charge on any atom is 0.0890 e. The average Bonchev–Trinajstić information content (AvgIpc) is 2.14. The van der Waals surface area contributed by atoms with Crippen LogP contribution in [0.15, 0.2) is 12.4 Å². The van der Waals surface area contributed by atoms with E-state index in [0.717, 1.165) is 13.2 Å². The van der Waals surface area contributed by atoms with Gasteiger partial charge in [-0.1, -0.05) is 0 Å². The summed E-state index contributed by atoms with van der Waals surface area (Å²) in [4.78, 5) is 4.41. The number of hydrogen-bond acceptors (Lipinski definition) is 2. The Labute approximate surface area is 60.1 Å². The van der Waals surface area contributed by atoms with Crippen LogP contribution in [0.4, 0.5) is 0 Å². The fraction of sp³-hybridized carbons (Fsp3) is 0.667. The maximum atomic E-state index is 2.25. The normalized spacial score (nSPS) is 16.2. The standard InChI is InChI=1S/C6H12N2.H3P/c1-3-8-5-4-7(2)6-8;/h4-5H,3,6H2,1-2H3;1H3. The molecule has 1 heterocycles. The van der Waals surface area contributed by atoms with Crippen LogP contribution in [0.25, 0.3) is 0 Å². The summed E-state index contributed by atoms with van der Waals surface area (Å²) in [5, 5.41) is 0. The molecule has 0 radical (unpaired) electrons. The van der Waals surface area contributed by atoms with Gasteiger partial charge in [-0.05, 0) is 6.92 Å². The molecule has 2 nitrogen and oxygen atoms in total. The second-order valence-electron chi connectivity index (χ2n) is 2.10. The summed E-state index contributed by atoms with van der Waals surface area (Å²) in [6.45, 7) is 4.32. The van der Waals surface area contributed by atoms with Crippen molar-refractivity contribution in [2.75, 3.05) is 20.3 Å². The lowest BCUT2D eigenvalue weighted by molar-refractivity contribution is 0.308. The molecular weight excluding hydrogens is 131 g/mol. The van der Waals surface area contributed by atoms with Gasteiger partial charge in [-0.25, -0.2) is 0 Å². The van der Waals surface area contributed by atoms with Crippen molar-refractivity contribution >= 4 is 9.90 Å².